The minimum atomic E-state index is -4.73. The Hall–Kier alpha value is -4.47. The van der Waals surface area contributed by atoms with Crippen molar-refractivity contribution >= 4 is 62.8 Å². The van der Waals surface area contributed by atoms with E-state index in [1.165, 1.54) is 37.6 Å². The fraction of sp³-hybridized carbons (Fsp3) is 0.300. The maximum atomic E-state index is 13.3. The van der Waals surface area contributed by atoms with Gasteiger partial charge in [-0.1, -0.05) is 29.9 Å². The third-order valence-corrected chi connectivity index (χ3v) is 8.40. The number of rotatable bonds is 9. The van der Waals surface area contributed by atoms with Crippen molar-refractivity contribution in [2.45, 2.75) is 20.0 Å². The van der Waals surface area contributed by atoms with Gasteiger partial charge in [-0.15, -0.1) is 0 Å². The molecule has 2 amide bonds. The highest BCUT2D eigenvalue weighted by Crippen LogP contribution is 2.36. The number of nitrogens with zero attached hydrogens (tertiary/aromatic N) is 5. The molecule has 0 aliphatic carbocycles. The van der Waals surface area contributed by atoms with E-state index in [1.54, 1.807) is 0 Å². The summed E-state index contributed by atoms with van der Waals surface area (Å²) in [5, 5.41) is 8.66. The molecule has 0 spiro atoms. The number of hydrogen-bond donors (Lipinski definition) is 3. The van der Waals surface area contributed by atoms with Crippen LogP contribution < -0.4 is 25.6 Å². The Morgan fingerprint density at radius 2 is 1.78 bits per heavy atom. The summed E-state index contributed by atoms with van der Waals surface area (Å²) >= 11 is 6.78. The van der Waals surface area contributed by atoms with Crippen LogP contribution in [0.25, 0.3) is 0 Å². The number of benzene rings is 2. The van der Waals surface area contributed by atoms with Crippen molar-refractivity contribution in [3.63, 3.8) is 0 Å². The first-order valence-corrected chi connectivity index (χ1v) is 15.4. The zero-order chi connectivity index (χ0) is 33.0. The highest BCUT2D eigenvalue weighted by molar-refractivity contribution is 7.17. The van der Waals surface area contributed by atoms with Gasteiger partial charge in [0.2, 0.25) is 0 Å². The molecule has 1 aliphatic rings. The first kappa shape index (κ1) is 32.9. The van der Waals surface area contributed by atoms with Crippen LogP contribution in [0, 0.1) is 6.92 Å². The second-order valence-electron chi connectivity index (χ2n) is 10.3. The molecule has 0 bridgehead atoms. The maximum Gasteiger partial charge on any atom is 0.417 e. The molecule has 3 N–H and O–H groups in total. The number of methoxy groups -OCH3 is 1. The molecule has 0 atom stereocenters. The van der Waals surface area contributed by atoms with Crippen molar-refractivity contribution in [3.8, 4) is 5.75 Å². The fourth-order valence-corrected chi connectivity index (χ4v) is 5.72. The van der Waals surface area contributed by atoms with Gasteiger partial charge in [-0.2, -0.15) is 13.2 Å². The molecule has 2 aromatic carbocycles. The molecule has 1 saturated heterocycles. The summed E-state index contributed by atoms with van der Waals surface area (Å²) in [4.78, 5) is 43.8. The number of anilines is 5. The van der Waals surface area contributed by atoms with Gasteiger partial charge in [0.1, 0.15) is 28.2 Å². The molecule has 11 nitrogen and oxygen atoms in total. The molecule has 2 aromatic heterocycles. The van der Waals surface area contributed by atoms with E-state index in [9.17, 15) is 22.8 Å². The van der Waals surface area contributed by atoms with Crippen LogP contribution in [0.4, 0.5) is 41.2 Å². The normalized spacial score (nSPS) is 13.8. The molecule has 5 rings (SSSR count). The topological polar surface area (TPSA) is 125 Å². The van der Waals surface area contributed by atoms with Gasteiger partial charge in [0.05, 0.1) is 29.6 Å². The molecule has 242 valence electrons. The summed E-state index contributed by atoms with van der Waals surface area (Å²) in [5.74, 6) is 0.952. The number of alkyl halides is 3. The van der Waals surface area contributed by atoms with E-state index in [0.717, 1.165) is 55.9 Å². The molecule has 16 heteroatoms. The Morgan fingerprint density at radius 3 is 2.48 bits per heavy atom. The van der Waals surface area contributed by atoms with Crippen molar-refractivity contribution in [3.05, 3.63) is 75.6 Å². The van der Waals surface area contributed by atoms with Crippen LogP contribution >= 0.6 is 22.9 Å². The highest BCUT2D eigenvalue weighted by atomic mass is 35.5. The van der Waals surface area contributed by atoms with Crippen LogP contribution in [0.1, 0.15) is 38.5 Å². The number of hydrogen-bond acceptors (Lipinski definition) is 10. The molecule has 0 radical (unpaired) electrons. The number of likely N-dealkylation sites (N-methyl/N-ethyl adjacent to an activating group) is 1. The fourth-order valence-electron chi connectivity index (χ4n) is 4.78. The van der Waals surface area contributed by atoms with Crippen molar-refractivity contribution in [2.24, 2.45) is 0 Å². The first-order valence-electron chi connectivity index (χ1n) is 14.2. The van der Waals surface area contributed by atoms with Gasteiger partial charge >= 0.3 is 6.18 Å². The Bertz CT molecular complexity index is 1740. The van der Waals surface area contributed by atoms with E-state index in [4.69, 9.17) is 16.3 Å². The highest BCUT2D eigenvalue weighted by Gasteiger charge is 2.34. The number of ether oxygens (including phenoxy) is 1. The quantitative estimate of drug-likeness (QED) is 0.187. The molecule has 1 aliphatic heterocycles. The lowest BCUT2D eigenvalue weighted by Gasteiger charge is -2.34. The number of amides is 2. The number of thiazole rings is 1. The van der Waals surface area contributed by atoms with Crippen molar-refractivity contribution in [1.29, 1.82) is 0 Å². The van der Waals surface area contributed by atoms with Crippen molar-refractivity contribution in [2.75, 3.05) is 60.7 Å². The van der Waals surface area contributed by atoms with Gasteiger partial charge in [0.15, 0.2) is 5.01 Å². The van der Waals surface area contributed by atoms with E-state index in [-0.39, 0.29) is 27.7 Å². The summed E-state index contributed by atoms with van der Waals surface area (Å²) in [7, 11) is 1.41. The number of nitrogens with one attached hydrogen (secondary N) is 3. The number of piperazine rings is 1. The SMILES string of the molecule is CCN1CCN(c2cc(Nc3cnc(C(=O)Nc4cc(NC(=O)c5ccc(Cl)c(C(F)(F)F)c5)ccc4OC)s3)nc(C)n2)CC1. The van der Waals surface area contributed by atoms with E-state index >= 15 is 0 Å². The van der Waals surface area contributed by atoms with E-state index in [0.29, 0.717) is 22.7 Å². The number of aryl methyl sites for hydroxylation is 1. The third-order valence-electron chi connectivity index (χ3n) is 7.16. The van der Waals surface area contributed by atoms with Gasteiger partial charge in [-0.25, -0.2) is 15.0 Å². The van der Waals surface area contributed by atoms with Gasteiger partial charge in [0, 0.05) is 43.5 Å². The first-order chi connectivity index (χ1) is 21.9. The molecular formula is C30H30ClF3N8O3S. The van der Waals surface area contributed by atoms with Gasteiger partial charge < -0.3 is 30.5 Å². The summed E-state index contributed by atoms with van der Waals surface area (Å²) in [6, 6.07) is 9.15. The average Bonchev–Trinajstić information content (AvgIpc) is 3.49. The smallest absolute Gasteiger partial charge is 0.417 e. The Kier molecular flexibility index (Phi) is 9.94. The Labute approximate surface area is 271 Å². The van der Waals surface area contributed by atoms with Crippen LogP contribution in [0.5, 0.6) is 5.75 Å². The molecule has 1 fully saturated rings. The molecular weight excluding hydrogens is 645 g/mol. The summed E-state index contributed by atoms with van der Waals surface area (Å²) in [5.41, 5.74) is -0.952. The minimum Gasteiger partial charge on any atom is -0.495 e. The Balaban J connectivity index is 1.26. The molecule has 0 saturated carbocycles. The maximum absolute atomic E-state index is 13.3. The lowest BCUT2D eigenvalue weighted by molar-refractivity contribution is -0.137. The second-order valence-corrected chi connectivity index (χ2v) is 11.7. The van der Waals surface area contributed by atoms with E-state index in [2.05, 4.69) is 47.6 Å². The second kappa shape index (κ2) is 13.9. The average molecular weight is 675 g/mol. The summed E-state index contributed by atoms with van der Waals surface area (Å²) in [6.45, 7) is 8.63. The van der Waals surface area contributed by atoms with Gasteiger partial charge in [-0.3, -0.25) is 9.59 Å². The van der Waals surface area contributed by atoms with E-state index in [1.807, 2.05) is 13.0 Å². The van der Waals surface area contributed by atoms with Crippen LogP contribution in [-0.2, 0) is 6.18 Å². The monoisotopic (exact) mass is 674 g/mol. The van der Waals surface area contributed by atoms with Crippen LogP contribution in [0.2, 0.25) is 5.02 Å². The lowest BCUT2D eigenvalue weighted by atomic mass is 10.1. The van der Waals surface area contributed by atoms with Gasteiger partial charge in [0.25, 0.3) is 11.8 Å². The molecule has 46 heavy (non-hydrogen) atoms. The standard InChI is InChI=1S/C30H30ClF3N8O3S/c1-4-41-9-11-42(12-10-41)25-15-24(36-17(2)37-25)40-26-16-35-29(46-26)28(44)39-22-14-19(6-8-23(22)45-3)38-27(43)18-5-7-21(31)20(13-18)30(32,33)34/h5-8,13-16H,4,9-12H2,1-3H3,(H,38,43)(H,39,44)(H,36,37,40). The largest absolute Gasteiger partial charge is 0.495 e. The van der Waals surface area contributed by atoms with Gasteiger partial charge in [-0.05, 0) is 49.9 Å². The third kappa shape index (κ3) is 7.84. The number of aromatic nitrogens is 3. The van der Waals surface area contributed by atoms with Crippen molar-refractivity contribution < 1.29 is 27.5 Å². The zero-order valence-corrected chi connectivity index (χ0v) is 26.6. The Morgan fingerprint density at radius 1 is 1.02 bits per heavy atom. The summed E-state index contributed by atoms with van der Waals surface area (Å²) < 4.78 is 45.1. The predicted molar refractivity (Wildman–Crippen MR) is 172 cm³/mol. The molecule has 0 unspecified atom stereocenters. The predicted octanol–water partition coefficient (Wildman–Crippen LogP) is 6.31. The van der Waals surface area contributed by atoms with Crippen LogP contribution in [0.15, 0.2) is 48.7 Å². The minimum absolute atomic E-state index is 0.140. The number of halogens is 4. The molecule has 4 aromatic rings. The lowest BCUT2D eigenvalue weighted by Crippen LogP contribution is -2.46. The van der Waals surface area contributed by atoms with E-state index < -0.39 is 28.6 Å². The van der Waals surface area contributed by atoms with Crippen LogP contribution in [0.3, 0.4) is 0 Å². The summed E-state index contributed by atoms with van der Waals surface area (Å²) in [6.07, 6.45) is -3.21. The molecule has 3 heterocycles. The number of carbonyl (C=O) groups is 2. The number of carbonyl (C=O) groups excluding carboxylic acids is 2. The van der Waals surface area contributed by atoms with Crippen molar-refractivity contribution in [1.82, 2.24) is 19.9 Å². The van der Waals surface area contributed by atoms with Crippen LogP contribution in [-0.4, -0.2) is 71.5 Å². The zero-order valence-electron chi connectivity index (χ0n) is 25.0.